The molecule has 1 aliphatic rings. The minimum absolute atomic E-state index is 0.180. The van der Waals surface area contributed by atoms with Crippen LogP contribution in [0.3, 0.4) is 0 Å². The number of benzene rings is 1. The summed E-state index contributed by atoms with van der Waals surface area (Å²) >= 11 is 1.89. The van der Waals surface area contributed by atoms with Crippen molar-refractivity contribution in [1.29, 1.82) is 0 Å². The Morgan fingerprint density at radius 1 is 1.39 bits per heavy atom. The molecule has 1 unspecified atom stereocenters. The Kier molecular flexibility index (Phi) is 4.91. The second-order valence-electron chi connectivity index (χ2n) is 4.80. The van der Waals surface area contributed by atoms with Gasteiger partial charge < -0.3 is 5.73 Å². The third-order valence-corrected chi connectivity index (χ3v) is 4.29. The Labute approximate surface area is 120 Å². The molecule has 2 nitrogen and oxygen atoms in total. The first kappa shape index (κ1) is 14.1. The zero-order valence-electron chi connectivity index (χ0n) is 10.1. The standard InChI is InChI=1S/C13H17F2IN2/c14-11-3-4-12(16)13(15)10(11)8-18-5-1-2-9(6-17)7-18/h3-4,9H,1-2,5-8,17H2. The van der Waals surface area contributed by atoms with Gasteiger partial charge in [0.1, 0.15) is 11.6 Å². The van der Waals surface area contributed by atoms with Crippen LogP contribution in [0.4, 0.5) is 8.78 Å². The van der Waals surface area contributed by atoms with Crippen molar-refractivity contribution in [2.45, 2.75) is 19.4 Å². The van der Waals surface area contributed by atoms with E-state index in [0.29, 0.717) is 22.6 Å². The van der Waals surface area contributed by atoms with Gasteiger partial charge in [0.05, 0.1) is 0 Å². The van der Waals surface area contributed by atoms with Crippen molar-refractivity contribution in [3.63, 3.8) is 0 Å². The highest BCUT2D eigenvalue weighted by atomic mass is 127. The van der Waals surface area contributed by atoms with Gasteiger partial charge in [0.25, 0.3) is 0 Å². The van der Waals surface area contributed by atoms with E-state index in [-0.39, 0.29) is 5.56 Å². The van der Waals surface area contributed by atoms with Gasteiger partial charge in [-0.25, -0.2) is 8.78 Å². The lowest BCUT2D eigenvalue weighted by Gasteiger charge is -2.32. The number of hydrogen-bond donors (Lipinski definition) is 1. The van der Waals surface area contributed by atoms with Crippen LogP contribution >= 0.6 is 22.6 Å². The molecule has 1 saturated heterocycles. The summed E-state index contributed by atoms with van der Waals surface area (Å²) in [5.41, 5.74) is 5.85. The predicted molar refractivity (Wildman–Crippen MR) is 76.1 cm³/mol. The fourth-order valence-corrected chi connectivity index (χ4v) is 2.93. The van der Waals surface area contributed by atoms with Gasteiger partial charge in [0.2, 0.25) is 0 Å². The highest BCUT2D eigenvalue weighted by molar-refractivity contribution is 14.1. The number of hydrogen-bond acceptors (Lipinski definition) is 2. The topological polar surface area (TPSA) is 29.3 Å². The largest absolute Gasteiger partial charge is 0.330 e. The van der Waals surface area contributed by atoms with Crippen LogP contribution in [0.1, 0.15) is 18.4 Å². The Bertz CT molecular complexity index is 426. The molecule has 2 N–H and O–H groups in total. The Hall–Kier alpha value is -0.270. The van der Waals surface area contributed by atoms with Crippen LogP contribution in [-0.4, -0.2) is 24.5 Å². The fourth-order valence-electron chi connectivity index (χ4n) is 2.42. The van der Waals surface area contributed by atoms with Crippen molar-refractivity contribution in [2.75, 3.05) is 19.6 Å². The summed E-state index contributed by atoms with van der Waals surface area (Å²) in [5.74, 6) is -0.430. The predicted octanol–water partition coefficient (Wildman–Crippen LogP) is 2.74. The van der Waals surface area contributed by atoms with Gasteiger partial charge in [0, 0.05) is 22.2 Å². The van der Waals surface area contributed by atoms with E-state index in [2.05, 4.69) is 4.90 Å². The Morgan fingerprint density at radius 2 is 2.17 bits per heavy atom. The van der Waals surface area contributed by atoms with E-state index < -0.39 is 11.6 Å². The lowest BCUT2D eigenvalue weighted by atomic mass is 9.98. The van der Waals surface area contributed by atoms with Crippen LogP contribution in [0, 0.1) is 21.1 Å². The number of nitrogens with zero attached hydrogens (tertiary/aromatic N) is 1. The molecule has 0 aliphatic carbocycles. The van der Waals surface area contributed by atoms with E-state index in [1.807, 2.05) is 22.6 Å². The van der Waals surface area contributed by atoms with Crippen molar-refractivity contribution in [2.24, 2.45) is 11.7 Å². The average molecular weight is 366 g/mol. The molecule has 18 heavy (non-hydrogen) atoms. The number of halogens is 3. The molecule has 100 valence electrons. The number of nitrogens with two attached hydrogens (primary N) is 1. The molecule has 0 amide bonds. The maximum atomic E-state index is 13.9. The first-order valence-corrected chi connectivity index (χ1v) is 7.24. The molecule has 0 aromatic heterocycles. The highest BCUT2D eigenvalue weighted by Gasteiger charge is 2.21. The maximum Gasteiger partial charge on any atom is 0.143 e. The molecule has 0 bridgehead atoms. The van der Waals surface area contributed by atoms with Gasteiger partial charge in [-0.2, -0.15) is 0 Å². The zero-order valence-corrected chi connectivity index (χ0v) is 12.3. The molecule has 0 saturated carbocycles. The van der Waals surface area contributed by atoms with Crippen LogP contribution in [-0.2, 0) is 6.54 Å². The summed E-state index contributed by atoms with van der Waals surface area (Å²) in [5, 5.41) is 0. The molecule has 1 aromatic carbocycles. The van der Waals surface area contributed by atoms with Gasteiger partial charge >= 0.3 is 0 Å². The second kappa shape index (κ2) is 6.25. The number of rotatable bonds is 3. The summed E-state index contributed by atoms with van der Waals surface area (Å²) in [6.45, 7) is 2.71. The first-order chi connectivity index (χ1) is 8.61. The smallest absolute Gasteiger partial charge is 0.143 e. The molecule has 1 aromatic rings. The van der Waals surface area contributed by atoms with Gasteiger partial charge in [-0.3, -0.25) is 4.90 Å². The summed E-state index contributed by atoms with van der Waals surface area (Å²) in [4.78, 5) is 2.10. The third-order valence-electron chi connectivity index (χ3n) is 3.46. The molecule has 0 radical (unpaired) electrons. The molecule has 0 spiro atoms. The highest BCUT2D eigenvalue weighted by Crippen LogP contribution is 2.23. The van der Waals surface area contributed by atoms with Gasteiger partial charge in [-0.05, 0) is 66.6 Å². The molecule has 1 atom stereocenters. The van der Waals surface area contributed by atoms with E-state index in [0.717, 1.165) is 25.9 Å². The number of likely N-dealkylation sites (tertiary alicyclic amines) is 1. The maximum absolute atomic E-state index is 13.9. The molecule has 5 heteroatoms. The van der Waals surface area contributed by atoms with E-state index in [1.54, 1.807) is 0 Å². The van der Waals surface area contributed by atoms with Crippen LogP contribution in [0.2, 0.25) is 0 Å². The minimum atomic E-state index is -0.456. The van der Waals surface area contributed by atoms with Crippen molar-refractivity contribution in [3.05, 3.63) is 32.9 Å². The third kappa shape index (κ3) is 3.19. The van der Waals surface area contributed by atoms with Crippen LogP contribution < -0.4 is 5.73 Å². The first-order valence-electron chi connectivity index (χ1n) is 6.16. The quantitative estimate of drug-likeness (QED) is 0.659. The Morgan fingerprint density at radius 3 is 2.89 bits per heavy atom. The van der Waals surface area contributed by atoms with E-state index in [1.165, 1.54) is 12.1 Å². The second-order valence-corrected chi connectivity index (χ2v) is 5.96. The molecular weight excluding hydrogens is 349 g/mol. The van der Waals surface area contributed by atoms with Crippen molar-refractivity contribution in [1.82, 2.24) is 4.90 Å². The van der Waals surface area contributed by atoms with Crippen molar-refractivity contribution in [3.8, 4) is 0 Å². The molecule has 1 aliphatic heterocycles. The molecule has 2 rings (SSSR count). The zero-order chi connectivity index (χ0) is 13.1. The van der Waals surface area contributed by atoms with Crippen molar-refractivity contribution < 1.29 is 8.78 Å². The molecule has 1 fully saturated rings. The summed E-state index contributed by atoms with van der Waals surface area (Å²) in [6, 6.07) is 2.80. The normalized spacial score (nSPS) is 21.2. The fraction of sp³-hybridized carbons (Fsp3) is 0.538. The van der Waals surface area contributed by atoms with Gasteiger partial charge in [-0.15, -0.1) is 0 Å². The number of piperidine rings is 1. The summed E-state index contributed by atoms with van der Waals surface area (Å²) in [7, 11) is 0. The minimum Gasteiger partial charge on any atom is -0.330 e. The lowest BCUT2D eigenvalue weighted by Crippen LogP contribution is -2.38. The SMILES string of the molecule is NCC1CCCN(Cc2c(F)ccc(I)c2F)C1. The van der Waals surface area contributed by atoms with Gasteiger partial charge in [-0.1, -0.05) is 0 Å². The van der Waals surface area contributed by atoms with Crippen molar-refractivity contribution >= 4 is 22.6 Å². The Balaban J connectivity index is 2.11. The summed E-state index contributed by atoms with van der Waals surface area (Å²) in [6.07, 6.45) is 2.17. The summed E-state index contributed by atoms with van der Waals surface area (Å²) < 4.78 is 28.0. The van der Waals surface area contributed by atoms with E-state index in [4.69, 9.17) is 5.73 Å². The molecule has 1 heterocycles. The van der Waals surface area contributed by atoms with Gasteiger partial charge in [0.15, 0.2) is 0 Å². The van der Waals surface area contributed by atoms with Crippen LogP contribution in [0.5, 0.6) is 0 Å². The lowest BCUT2D eigenvalue weighted by molar-refractivity contribution is 0.167. The average Bonchev–Trinajstić information content (AvgIpc) is 2.39. The van der Waals surface area contributed by atoms with Crippen LogP contribution in [0.25, 0.3) is 0 Å². The van der Waals surface area contributed by atoms with E-state index >= 15 is 0 Å². The van der Waals surface area contributed by atoms with E-state index in [9.17, 15) is 8.78 Å². The molecular formula is C13H17F2IN2. The van der Waals surface area contributed by atoms with Crippen LogP contribution in [0.15, 0.2) is 12.1 Å². The monoisotopic (exact) mass is 366 g/mol.